The number of carbonyl (C=O) groups is 1. The standard InChI is InChI=1S/C12H21NO4S/c1-9(12(2)3-4-12)13-5-6-18(16,17)8-10(13)7-11(14)15/h9-10H,3-8H2,1-2H3,(H,14,15). The van der Waals surface area contributed by atoms with Crippen molar-refractivity contribution in [2.75, 3.05) is 18.1 Å². The van der Waals surface area contributed by atoms with Gasteiger partial charge in [-0.1, -0.05) is 6.92 Å². The van der Waals surface area contributed by atoms with E-state index < -0.39 is 15.8 Å². The molecule has 1 N–H and O–H groups in total. The number of hydrogen-bond acceptors (Lipinski definition) is 4. The van der Waals surface area contributed by atoms with E-state index in [0.29, 0.717) is 6.54 Å². The van der Waals surface area contributed by atoms with Crippen LogP contribution in [0.2, 0.25) is 0 Å². The lowest BCUT2D eigenvalue weighted by atomic mass is 9.97. The van der Waals surface area contributed by atoms with Gasteiger partial charge in [-0.25, -0.2) is 8.42 Å². The van der Waals surface area contributed by atoms with Crippen LogP contribution < -0.4 is 0 Å². The van der Waals surface area contributed by atoms with Crippen LogP contribution in [0.5, 0.6) is 0 Å². The molecule has 2 rings (SSSR count). The van der Waals surface area contributed by atoms with Gasteiger partial charge in [0.1, 0.15) is 0 Å². The lowest BCUT2D eigenvalue weighted by molar-refractivity contribution is -0.138. The Balaban J connectivity index is 2.14. The monoisotopic (exact) mass is 275 g/mol. The Labute approximate surface area is 108 Å². The highest BCUT2D eigenvalue weighted by molar-refractivity contribution is 7.91. The molecular formula is C12H21NO4S. The zero-order valence-electron chi connectivity index (χ0n) is 10.9. The van der Waals surface area contributed by atoms with Gasteiger partial charge in [-0.05, 0) is 25.2 Å². The van der Waals surface area contributed by atoms with Crippen molar-refractivity contribution in [2.45, 2.75) is 45.2 Å². The Kier molecular flexibility index (Phi) is 3.44. The minimum atomic E-state index is -3.07. The third kappa shape index (κ3) is 2.85. The van der Waals surface area contributed by atoms with Crippen molar-refractivity contribution >= 4 is 15.8 Å². The summed E-state index contributed by atoms with van der Waals surface area (Å²) in [5, 5.41) is 8.93. The first kappa shape index (κ1) is 13.8. The van der Waals surface area contributed by atoms with Gasteiger partial charge < -0.3 is 5.11 Å². The molecule has 6 heteroatoms. The van der Waals surface area contributed by atoms with Crippen LogP contribution >= 0.6 is 0 Å². The van der Waals surface area contributed by atoms with Gasteiger partial charge in [0.15, 0.2) is 9.84 Å². The second-order valence-electron chi connectivity index (χ2n) is 5.93. The Morgan fingerprint density at radius 2 is 2.11 bits per heavy atom. The van der Waals surface area contributed by atoms with Gasteiger partial charge in [0.25, 0.3) is 0 Å². The van der Waals surface area contributed by atoms with Crippen molar-refractivity contribution in [2.24, 2.45) is 5.41 Å². The van der Waals surface area contributed by atoms with Crippen molar-refractivity contribution in [3.8, 4) is 0 Å². The summed E-state index contributed by atoms with van der Waals surface area (Å²) < 4.78 is 23.3. The highest BCUT2D eigenvalue weighted by Crippen LogP contribution is 2.50. The molecule has 0 aromatic heterocycles. The number of rotatable bonds is 4. The van der Waals surface area contributed by atoms with E-state index in [2.05, 4.69) is 18.7 Å². The molecule has 0 amide bonds. The maximum atomic E-state index is 11.7. The lowest BCUT2D eigenvalue weighted by Gasteiger charge is -2.41. The van der Waals surface area contributed by atoms with Gasteiger partial charge in [-0.2, -0.15) is 0 Å². The summed E-state index contributed by atoms with van der Waals surface area (Å²) >= 11 is 0. The topological polar surface area (TPSA) is 74.7 Å². The lowest BCUT2D eigenvalue weighted by Crippen LogP contribution is -2.54. The Morgan fingerprint density at radius 3 is 2.61 bits per heavy atom. The smallest absolute Gasteiger partial charge is 0.304 e. The Hall–Kier alpha value is -0.620. The van der Waals surface area contributed by atoms with Gasteiger partial charge in [-0.3, -0.25) is 9.69 Å². The molecule has 1 aliphatic carbocycles. The van der Waals surface area contributed by atoms with Crippen LogP contribution in [0.3, 0.4) is 0 Å². The predicted octanol–water partition coefficient (Wildman–Crippen LogP) is 0.749. The summed E-state index contributed by atoms with van der Waals surface area (Å²) in [4.78, 5) is 13.0. The second-order valence-corrected chi connectivity index (χ2v) is 8.16. The number of carboxylic acid groups (broad SMARTS) is 1. The fraction of sp³-hybridized carbons (Fsp3) is 0.917. The molecule has 0 bridgehead atoms. The molecule has 1 heterocycles. The van der Waals surface area contributed by atoms with E-state index in [0.717, 1.165) is 12.8 Å². The van der Waals surface area contributed by atoms with Gasteiger partial charge in [0.05, 0.1) is 17.9 Å². The number of sulfone groups is 1. The first-order chi connectivity index (χ1) is 8.23. The van der Waals surface area contributed by atoms with E-state index >= 15 is 0 Å². The third-order valence-electron chi connectivity index (χ3n) is 4.53. The molecule has 2 aliphatic rings. The molecule has 0 aromatic carbocycles. The third-order valence-corrected chi connectivity index (χ3v) is 6.23. The number of carboxylic acids is 1. The molecule has 1 saturated heterocycles. The second kappa shape index (κ2) is 4.49. The quantitative estimate of drug-likeness (QED) is 0.819. The fourth-order valence-electron chi connectivity index (χ4n) is 2.80. The minimum Gasteiger partial charge on any atom is -0.481 e. The highest BCUT2D eigenvalue weighted by atomic mass is 32.2. The predicted molar refractivity (Wildman–Crippen MR) is 68.2 cm³/mol. The number of nitrogens with zero attached hydrogens (tertiary/aromatic N) is 1. The molecule has 18 heavy (non-hydrogen) atoms. The first-order valence-electron chi connectivity index (χ1n) is 6.41. The molecule has 104 valence electrons. The summed E-state index contributed by atoms with van der Waals surface area (Å²) in [6, 6.07) is -0.106. The summed E-state index contributed by atoms with van der Waals surface area (Å²) in [6.45, 7) is 4.76. The van der Waals surface area contributed by atoms with Gasteiger partial charge in [-0.15, -0.1) is 0 Å². The van der Waals surface area contributed by atoms with E-state index in [1.807, 2.05) is 0 Å². The number of hydrogen-bond donors (Lipinski definition) is 1. The maximum Gasteiger partial charge on any atom is 0.304 e. The average molecular weight is 275 g/mol. The zero-order chi connectivity index (χ0) is 13.6. The molecule has 2 fully saturated rings. The van der Waals surface area contributed by atoms with Crippen LogP contribution in [-0.2, 0) is 14.6 Å². The Bertz CT molecular complexity index is 441. The van der Waals surface area contributed by atoms with E-state index in [1.54, 1.807) is 0 Å². The van der Waals surface area contributed by atoms with Crippen molar-refractivity contribution in [1.29, 1.82) is 0 Å². The van der Waals surface area contributed by atoms with Crippen LogP contribution in [0, 0.1) is 5.41 Å². The summed E-state index contributed by atoms with van der Waals surface area (Å²) in [7, 11) is -3.07. The minimum absolute atomic E-state index is 0.0142. The van der Waals surface area contributed by atoms with Crippen LogP contribution in [-0.4, -0.2) is 54.5 Å². The fourth-order valence-corrected chi connectivity index (χ4v) is 4.35. The average Bonchev–Trinajstić information content (AvgIpc) is 2.95. The van der Waals surface area contributed by atoms with Crippen LogP contribution in [0.15, 0.2) is 0 Å². The molecule has 5 nitrogen and oxygen atoms in total. The molecule has 0 aromatic rings. The maximum absolute atomic E-state index is 11.7. The molecule has 0 spiro atoms. The van der Waals surface area contributed by atoms with Crippen molar-refractivity contribution in [3.63, 3.8) is 0 Å². The van der Waals surface area contributed by atoms with Crippen molar-refractivity contribution in [1.82, 2.24) is 4.90 Å². The van der Waals surface area contributed by atoms with Gasteiger partial charge >= 0.3 is 5.97 Å². The van der Waals surface area contributed by atoms with E-state index in [4.69, 9.17) is 5.11 Å². The molecular weight excluding hydrogens is 254 g/mol. The molecule has 1 saturated carbocycles. The van der Waals surface area contributed by atoms with Gasteiger partial charge in [0.2, 0.25) is 0 Å². The molecule has 1 aliphatic heterocycles. The van der Waals surface area contributed by atoms with Crippen LogP contribution in [0.4, 0.5) is 0 Å². The van der Waals surface area contributed by atoms with Gasteiger partial charge in [0, 0.05) is 18.6 Å². The normalized spacial score (nSPS) is 31.8. The van der Waals surface area contributed by atoms with E-state index in [1.165, 1.54) is 0 Å². The first-order valence-corrected chi connectivity index (χ1v) is 8.24. The Morgan fingerprint density at radius 1 is 1.50 bits per heavy atom. The summed E-state index contributed by atoms with van der Waals surface area (Å²) in [5.41, 5.74) is 0.248. The largest absolute Gasteiger partial charge is 0.481 e. The highest BCUT2D eigenvalue weighted by Gasteiger charge is 2.48. The summed E-state index contributed by atoms with van der Waals surface area (Å²) in [5.74, 6) is -0.779. The SMILES string of the molecule is CC(N1CCS(=O)(=O)CC1CC(=O)O)C1(C)CC1. The summed E-state index contributed by atoms with van der Waals surface area (Å²) in [6.07, 6.45) is 2.22. The van der Waals surface area contributed by atoms with E-state index in [-0.39, 0.29) is 35.4 Å². The zero-order valence-corrected chi connectivity index (χ0v) is 11.7. The molecule has 0 radical (unpaired) electrons. The van der Waals surface area contributed by atoms with Crippen molar-refractivity contribution in [3.05, 3.63) is 0 Å². The number of aliphatic carboxylic acids is 1. The molecule has 2 unspecified atom stereocenters. The molecule has 2 atom stereocenters. The van der Waals surface area contributed by atoms with Crippen LogP contribution in [0.25, 0.3) is 0 Å². The van der Waals surface area contributed by atoms with Crippen LogP contribution in [0.1, 0.15) is 33.1 Å². The van der Waals surface area contributed by atoms with E-state index in [9.17, 15) is 13.2 Å². The van der Waals surface area contributed by atoms with Crippen molar-refractivity contribution < 1.29 is 18.3 Å².